The number of rotatable bonds is 4. The predicted octanol–water partition coefficient (Wildman–Crippen LogP) is 2.99. The number of aromatic nitrogens is 3. The summed E-state index contributed by atoms with van der Waals surface area (Å²) in [5.74, 6) is 0.171. The molecule has 0 radical (unpaired) electrons. The number of hydrogen-bond acceptors (Lipinski definition) is 5. The van der Waals surface area contributed by atoms with E-state index in [0.717, 1.165) is 11.1 Å². The Morgan fingerprint density at radius 3 is 1.85 bits per heavy atom. The number of nitrogens with zero attached hydrogens (tertiary/aromatic N) is 3. The molecule has 2 N–H and O–H groups in total. The molecule has 3 aromatic heterocycles. The Morgan fingerprint density at radius 1 is 0.769 bits per heavy atom. The van der Waals surface area contributed by atoms with Gasteiger partial charge >= 0.3 is 0 Å². The molecule has 0 spiro atoms. The lowest BCUT2D eigenvalue weighted by Gasteiger charge is -2.07. The Hall–Kier alpha value is -3.61. The maximum absolute atomic E-state index is 12.2. The maximum atomic E-state index is 12.2. The Bertz CT molecular complexity index is 876. The van der Waals surface area contributed by atoms with Gasteiger partial charge in [-0.25, -0.2) is 9.97 Å². The topological polar surface area (TPSA) is 96.9 Å². The van der Waals surface area contributed by atoms with Crippen LogP contribution < -0.4 is 10.6 Å². The Balaban J connectivity index is 1.67. The smallest absolute Gasteiger partial charge is 0.275 e. The normalized spacial score (nSPS) is 10.2. The van der Waals surface area contributed by atoms with E-state index in [0.29, 0.717) is 17.2 Å². The molecule has 130 valence electrons. The van der Waals surface area contributed by atoms with Gasteiger partial charge in [-0.3, -0.25) is 14.6 Å². The summed E-state index contributed by atoms with van der Waals surface area (Å²) in [5.41, 5.74) is 2.50. The number of carbonyl (C=O) groups is 2. The summed E-state index contributed by atoms with van der Waals surface area (Å²) in [5, 5.41) is 5.36. The molecule has 0 aliphatic heterocycles. The first-order valence-corrected chi connectivity index (χ1v) is 7.95. The van der Waals surface area contributed by atoms with E-state index in [1.54, 1.807) is 24.5 Å². The van der Waals surface area contributed by atoms with E-state index in [-0.39, 0.29) is 11.6 Å². The molecule has 0 aliphatic rings. The molecule has 3 heterocycles. The monoisotopic (exact) mass is 347 g/mol. The molecule has 0 atom stereocenters. The molecule has 0 bridgehead atoms. The Morgan fingerprint density at radius 2 is 1.35 bits per heavy atom. The van der Waals surface area contributed by atoms with Gasteiger partial charge in [-0.05, 0) is 61.4 Å². The van der Waals surface area contributed by atoms with Gasteiger partial charge in [-0.2, -0.15) is 0 Å². The van der Waals surface area contributed by atoms with Crippen molar-refractivity contribution >= 4 is 23.5 Å². The number of carbonyl (C=O) groups excluding carboxylic acids is 2. The predicted molar refractivity (Wildman–Crippen MR) is 98.1 cm³/mol. The summed E-state index contributed by atoms with van der Waals surface area (Å²) in [4.78, 5) is 36.7. The summed E-state index contributed by atoms with van der Waals surface area (Å²) in [6.45, 7) is 3.82. The van der Waals surface area contributed by atoms with Crippen molar-refractivity contribution in [2.24, 2.45) is 0 Å². The van der Waals surface area contributed by atoms with Gasteiger partial charge < -0.3 is 10.6 Å². The van der Waals surface area contributed by atoms with Crippen LogP contribution in [0.15, 0.2) is 55.0 Å². The highest BCUT2D eigenvalue weighted by Gasteiger charge is 2.12. The van der Waals surface area contributed by atoms with Gasteiger partial charge in [0.2, 0.25) is 0 Å². The molecule has 3 aromatic rings. The standard InChI is InChI=1S/C19H17N5O2/c1-12-5-7-20-16(9-12)23-18(25)14-3-4-15(22-11-14)19(26)24-17-10-13(2)6-8-21-17/h3-11H,1-2H3,(H,20,23,25)(H,21,24,26). The Kier molecular flexibility index (Phi) is 4.98. The summed E-state index contributed by atoms with van der Waals surface area (Å²) >= 11 is 0. The fourth-order valence-electron chi connectivity index (χ4n) is 2.24. The van der Waals surface area contributed by atoms with Crippen LogP contribution in [0.5, 0.6) is 0 Å². The highest BCUT2D eigenvalue weighted by atomic mass is 16.2. The molecule has 7 heteroatoms. The first-order valence-electron chi connectivity index (χ1n) is 7.95. The second kappa shape index (κ2) is 7.52. The minimum absolute atomic E-state index is 0.193. The maximum Gasteiger partial charge on any atom is 0.275 e. The van der Waals surface area contributed by atoms with Crippen molar-refractivity contribution in [3.63, 3.8) is 0 Å². The molecular weight excluding hydrogens is 330 g/mol. The third-order valence-corrected chi connectivity index (χ3v) is 3.57. The van der Waals surface area contributed by atoms with Crippen LogP contribution in [-0.2, 0) is 0 Å². The number of nitrogens with one attached hydrogen (secondary N) is 2. The van der Waals surface area contributed by atoms with Crippen LogP contribution in [0.4, 0.5) is 11.6 Å². The van der Waals surface area contributed by atoms with Crippen LogP contribution in [0.3, 0.4) is 0 Å². The molecule has 26 heavy (non-hydrogen) atoms. The molecule has 0 aromatic carbocycles. The molecule has 0 saturated carbocycles. The third-order valence-electron chi connectivity index (χ3n) is 3.57. The number of amides is 2. The van der Waals surface area contributed by atoms with Crippen LogP contribution in [0, 0.1) is 13.8 Å². The van der Waals surface area contributed by atoms with Gasteiger partial charge in [0.15, 0.2) is 0 Å². The zero-order chi connectivity index (χ0) is 18.5. The van der Waals surface area contributed by atoms with E-state index in [2.05, 4.69) is 25.6 Å². The number of anilines is 2. The quantitative estimate of drug-likeness (QED) is 0.756. The van der Waals surface area contributed by atoms with Gasteiger partial charge in [-0.15, -0.1) is 0 Å². The van der Waals surface area contributed by atoms with Gasteiger partial charge in [-0.1, -0.05) is 0 Å². The highest BCUT2D eigenvalue weighted by molar-refractivity contribution is 6.05. The van der Waals surface area contributed by atoms with Crippen molar-refractivity contribution in [1.29, 1.82) is 0 Å². The number of pyridine rings is 3. The van der Waals surface area contributed by atoms with E-state index >= 15 is 0 Å². The van der Waals surface area contributed by atoms with Crippen molar-refractivity contribution in [2.75, 3.05) is 10.6 Å². The fraction of sp³-hybridized carbons (Fsp3) is 0.105. The van der Waals surface area contributed by atoms with Gasteiger partial charge in [0, 0.05) is 18.6 Å². The molecule has 0 fully saturated rings. The fourth-order valence-corrected chi connectivity index (χ4v) is 2.24. The third kappa shape index (κ3) is 4.27. The summed E-state index contributed by atoms with van der Waals surface area (Å²) in [6, 6.07) is 10.2. The molecule has 0 unspecified atom stereocenters. The second-order valence-corrected chi connectivity index (χ2v) is 5.78. The van der Waals surface area contributed by atoms with Gasteiger partial charge in [0.1, 0.15) is 17.3 Å². The number of hydrogen-bond donors (Lipinski definition) is 2. The number of aryl methyl sites for hydroxylation is 2. The van der Waals surface area contributed by atoms with Crippen LogP contribution in [0.25, 0.3) is 0 Å². The molecule has 0 aliphatic carbocycles. The minimum atomic E-state index is -0.393. The van der Waals surface area contributed by atoms with Gasteiger partial charge in [0.05, 0.1) is 5.56 Å². The van der Waals surface area contributed by atoms with E-state index in [9.17, 15) is 9.59 Å². The lowest BCUT2D eigenvalue weighted by Crippen LogP contribution is -2.17. The van der Waals surface area contributed by atoms with Crippen molar-refractivity contribution in [3.05, 3.63) is 77.4 Å². The average molecular weight is 347 g/mol. The summed E-state index contributed by atoms with van der Waals surface area (Å²) in [7, 11) is 0. The van der Waals surface area contributed by atoms with Crippen LogP contribution in [0.2, 0.25) is 0 Å². The molecule has 3 rings (SSSR count). The first-order chi connectivity index (χ1) is 12.5. The zero-order valence-corrected chi connectivity index (χ0v) is 14.4. The van der Waals surface area contributed by atoms with E-state index in [1.165, 1.54) is 18.3 Å². The first kappa shape index (κ1) is 17.2. The van der Waals surface area contributed by atoms with E-state index < -0.39 is 5.91 Å². The SMILES string of the molecule is Cc1ccnc(NC(=O)c2ccc(C(=O)Nc3cc(C)ccn3)nc2)c1. The molecule has 2 amide bonds. The molecular formula is C19H17N5O2. The Labute approximate surface area is 150 Å². The van der Waals surface area contributed by atoms with Gasteiger partial charge in [0.25, 0.3) is 11.8 Å². The zero-order valence-electron chi connectivity index (χ0n) is 14.4. The van der Waals surface area contributed by atoms with E-state index in [4.69, 9.17) is 0 Å². The van der Waals surface area contributed by atoms with Crippen molar-refractivity contribution in [3.8, 4) is 0 Å². The van der Waals surface area contributed by atoms with Crippen LogP contribution in [0.1, 0.15) is 32.0 Å². The summed E-state index contributed by atoms with van der Waals surface area (Å²) < 4.78 is 0. The largest absolute Gasteiger partial charge is 0.307 e. The van der Waals surface area contributed by atoms with Crippen molar-refractivity contribution < 1.29 is 9.59 Å². The van der Waals surface area contributed by atoms with Crippen LogP contribution >= 0.6 is 0 Å². The van der Waals surface area contributed by atoms with Crippen molar-refractivity contribution in [1.82, 2.24) is 15.0 Å². The average Bonchev–Trinajstić information content (AvgIpc) is 2.62. The molecule has 0 saturated heterocycles. The minimum Gasteiger partial charge on any atom is -0.307 e. The van der Waals surface area contributed by atoms with Crippen molar-refractivity contribution in [2.45, 2.75) is 13.8 Å². The lowest BCUT2D eigenvalue weighted by atomic mass is 10.2. The highest BCUT2D eigenvalue weighted by Crippen LogP contribution is 2.10. The second-order valence-electron chi connectivity index (χ2n) is 5.78. The summed E-state index contributed by atoms with van der Waals surface area (Å²) in [6.07, 6.45) is 4.59. The van der Waals surface area contributed by atoms with E-state index in [1.807, 2.05) is 26.0 Å². The van der Waals surface area contributed by atoms with Crippen LogP contribution in [-0.4, -0.2) is 26.8 Å². The lowest BCUT2D eigenvalue weighted by molar-refractivity contribution is 0.101. The molecule has 7 nitrogen and oxygen atoms in total.